The molecule has 7 heteroatoms. The Morgan fingerprint density at radius 2 is 2.04 bits per heavy atom. The minimum atomic E-state index is -0.486. The molecule has 1 saturated heterocycles. The van der Waals surface area contributed by atoms with Crippen molar-refractivity contribution >= 4 is 29.2 Å². The van der Waals surface area contributed by atoms with Crippen LogP contribution >= 0.6 is 11.6 Å². The lowest BCUT2D eigenvalue weighted by Gasteiger charge is -2.29. The molecule has 0 aliphatic carbocycles. The molecule has 1 atom stereocenters. The fraction of sp³-hybridized carbons (Fsp3) is 0.389. The lowest BCUT2D eigenvalue weighted by Crippen LogP contribution is -2.48. The molecule has 25 heavy (non-hydrogen) atoms. The largest absolute Gasteiger partial charge is 0.330 e. The highest BCUT2D eigenvalue weighted by molar-refractivity contribution is 6.32. The Morgan fingerprint density at radius 3 is 2.68 bits per heavy atom. The fourth-order valence-electron chi connectivity index (χ4n) is 3.13. The van der Waals surface area contributed by atoms with Crippen molar-refractivity contribution in [3.63, 3.8) is 0 Å². The molecule has 2 amide bonds. The smallest absolute Gasteiger partial charge is 0.248 e. The Kier molecular flexibility index (Phi) is 5.08. The van der Waals surface area contributed by atoms with Crippen LogP contribution in [0, 0.1) is 5.92 Å². The number of carbonyl (C=O) groups is 2. The van der Waals surface area contributed by atoms with Crippen molar-refractivity contribution in [3.05, 3.63) is 41.6 Å². The second kappa shape index (κ2) is 7.27. The van der Waals surface area contributed by atoms with Crippen LogP contribution in [-0.2, 0) is 9.59 Å². The van der Waals surface area contributed by atoms with Gasteiger partial charge in [-0.1, -0.05) is 37.6 Å². The predicted molar refractivity (Wildman–Crippen MR) is 96.8 cm³/mol. The van der Waals surface area contributed by atoms with E-state index in [-0.39, 0.29) is 17.7 Å². The van der Waals surface area contributed by atoms with Gasteiger partial charge in [0, 0.05) is 25.2 Å². The quantitative estimate of drug-likeness (QED) is 0.890. The van der Waals surface area contributed by atoms with Crippen molar-refractivity contribution in [2.24, 2.45) is 5.92 Å². The molecule has 6 nitrogen and oxygen atoms in total. The van der Waals surface area contributed by atoms with E-state index in [1.165, 1.54) is 0 Å². The van der Waals surface area contributed by atoms with Crippen LogP contribution in [0.25, 0.3) is 5.69 Å². The zero-order chi connectivity index (χ0) is 18.0. The highest BCUT2D eigenvalue weighted by atomic mass is 35.5. The normalized spacial score (nSPS) is 15.7. The van der Waals surface area contributed by atoms with Gasteiger partial charge in [0.25, 0.3) is 0 Å². The van der Waals surface area contributed by atoms with Crippen LogP contribution in [0.5, 0.6) is 0 Å². The number of nitrogens with zero attached hydrogens (tertiary/aromatic N) is 3. The first-order valence-corrected chi connectivity index (χ1v) is 8.76. The van der Waals surface area contributed by atoms with E-state index < -0.39 is 6.04 Å². The number of halogens is 1. The first kappa shape index (κ1) is 17.5. The zero-order valence-electron chi connectivity index (χ0n) is 14.3. The van der Waals surface area contributed by atoms with E-state index in [0.717, 1.165) is 12.1 Å². The molecule has 0 spiro atoms. The van der Waals surface area contributed by atoms with Gasteiger partial charge in [-0.15, -0.1) is 0 Å². The number of nitrogens with one attached hydrogen (secondary N) is 1. The summed E-state index contributed by atoms with van der Waals surface area (Å²) in [5, 5.41) is 7.76. The summed E-state index contributed by atoms with van der Waals surface area (Å²) in [6.07, 6.45) is 3.05. The number of carbonyl (C=O) groups excluding carboxylic acids is 2. The van der Waals surface area contributed by atoms with Crippen LogP contribution in [0.15, 0.2) is 36.5 Å². The van der Waals surface area contributed by atoms with Crippen LogP contribution < -0.4 is 5.32 Å². The first-order chi connectivity index (χ1) is 12.0. The number of anilines is 1. The molecule has 0 bridgehead atoms. The monoisotopic (exact) mass is 360 g/mol. The third-order valence-corrected chi connectivity index (χ3v) is 4.61. The molecule has 1 aromatic carbocycles. The van der Waals surface area contributed by atoms with Gasteiger partial charge < -0.3 is 10.2 Å². The summed E-state index contributed by atoms with van der Waals surface area (Å²) in [4.78, 5) is 26.4. The molecule has 2 aromatic rings. The topological polar surface area (TPSA) is 67.2 Å². The predicted octanol–water partition coefficient (Wildman–Crippen LogP) is 3.11. The second-order valence-electron chi connectivity index (χ2n) is 6.47. The zero-order valence-corrected chi connectivity index (χ0v) is 15.0. The molecule has 1 aliphatic rings. The Hall–Kier alpha value is -2.34. The van der Waals surface area contributed by atoms with Crippen LogP contribution in [0.4, 0.5) is 5.82 Å². The van der Waals surface area contributed by atoms with Crippen molar-refractivity contribution in [2.45, 2.75) is 32.7 Å². The average Bonchev–Trinajstić information content (AvgIpc) is 3.18. The summed E-state index contributed by atoms with van der Waals surface area (Å²) in [6.45, 7) is 4.51. The molecule has 0 radical (unpaired) electrons. The van der Waals surface area contributed by atoms with Crippen LogP contribution in [0.3, 0.4) is 0 Å². The molecule has 1 aliphatic heterocycles. The Bertz CT molecular complexity index is 787. The first-order valence-electron chi connectivity index (χ1n) is 8.38. The van der Waals surface area contributed by atoms with Gasteiger partial charge in [-0.3, -0.25) is 9.59 Å². The Morgan fingerprint density at radius 1 is 1.28 bits per heavy atom. The fourth-order valence-corrected chi connectivity index (χ4v) is 3.35. The maximum atomic E-state index is 12.7. The molecule has 1 aromatic heterocycles. The van der Waals surface area contributed by atoms with Crippen LogP contribution in [-0.4, -0.2) is 39.1 Å². The lowest BCUT2D eigenvalue weighted by atomic mass is 10.0. The molecule has 1 N–H and O–H groups in total. The van der Waals surface area contributed by atoms with Gasteiger partial charge in [0.15, 0.2) is 5.82 Å². The van der Waals surface area contributed by atoms with Gasteiger partial charge in [0.1, 0.15) is 6.04 Å². The van der Waals surface area contributed by atoms with Crippen molar-refractivity contribution in [1.29, 1.82) is 0 Å². The van der Waals surface area contributed by atoms with Gasteiger partial charge in [0.2, 0.25) is 11.8 Å². The Labute approximate surface area is 151 Å². The average molecular weight is 361 g/mol. The Balaban J connectivity index is 1.76. The molecule has 1 fully saturated rings. The van der Waals surface area contributed by atoms with Crippen molar-refractivity contribution in [3.8, 4) is 5.69 Å². The molecule has 3 rings (SSSR count). The van der Waals surface area contributed by atoms with E-state index in [1.54, 1.807) is 27.9 Å². The SMILES string of the molecule is CC(C)C(C(=O)Nc1ccn(-c2ccccc2Cl)n1)N1CCCC1=O. The minimum Gasteiger partial charge on any atom is -0.330 e. The van der Waals surface area contributed by atoms with E-state index in [2.05, 4.69) is 10.4 Å². The highest BCUT2D eigenvalue weighted by Crippen LogP contribution is 2.22. The highest BCUT2D eigenvalue weighted by Gasteiger charge is 2.35. The van der Waals surface area contributed by atoms with E-state index in [9.17, 15) is 9.59 Å². The summed E-state index contributed by atoms with van der Waals surface area (Å²) < 4.78 is 1.61. The second-order valence-corrected chi connectivity index (χ2v) is 6.87. The number of rotatable bonds is 5. The third-order valence-electron chi connectivity index (χ3n) is 4.29. The van der Waals surface area contributed by atoms with E-state index in [0.29, 0.717) is 23.8 Å². The van der Waals surface area contributed by atoms with Gasteiger partial charge in [0.05, 0.1) is 10.7 Å². The van der Waals surface area contributed by atoms with Crippen molar-refractivity contribution in [2.75, 3.05) is 11.9 Å². The number of hydrogen-bond donors (Lipinski definition) is 1. The summed E-state index contributed by atoms with van der Waals surface area (Å²) in [6, 6.07) is 8.57. The van der Waals surface area contributed by atoms with E-state index in [4.69, 9.17) is 11.6 Å². The third kappa shape index (κ3) is 3.69. The molecular formula is C18H21ClN4O2. The number of aromatic nitrogens is 2. The summed E-state index contributed by atoms with van der Waals surface area (Å²) in [5.41, 5.74) is 0.736. The van der Waals surface area contributed by atoms with Gasteiger partial charge >= 0.3 is 0 Å². The van der Waals surface area contributed by atoms with Crippen molar-refractivity contribution in [1.82, 2.24) is 14.7 Å². The number of likely N-dealkylation sites (tertiary alicyclic amines) is 1. The summed E-state index contributed by atoms with van der Waals surface area (Å²) in [5.74, 6) is 0.278. The van der Waals surface area contributed by atoms with Crippen LogP contribution in [0.2, 0.25) is 5.02 Å². The molecule has 0 saturated carbocycles. The lowest BCUT2D eigenvalue weighted by molar-refractivity contribution is -0.136. The number of hydrogen-bond acceptors (Lipinski definition) is 3. The standard InChI is InChI=1S/C18H21ClN4O2/c1-12(2)17(22-10-5-8-16(22)24)18(25)20-15-9-11-23(21-15)14-7-4-3-6-13(14)19/h3-4,6-7,9,11-12,17H,5,8,10H2,1-2H3,(H,20,21,25). The maximum Gasteiger partial charge on any atom is 0.248 e. The molecule has 1 unspecified atom stereocenters. The molecular weight excluding hydrogens is 340 g/mol. The summed E-state index contributed by atoms with van der Waals surface area (Å²) >= 11 is 6.18. The van der Waals surface area contributed by atoms with Gasteiger partial charge in [-0.05, 0) is 24.5 Å². The van der Waals surface area contributed by atoms with Gasteiger partial charge in [-0.25, -0.2) is 4.68 Å². The number of para-hydroxylation sites is 1. The maximum absolute atomic E-state index is 12.7. The van der Waals surface area contributed by atoms with Crippen molar-refractivity contribution < 1.29 is 9.59 Å². The van der Waals surface area contributed by atoms with E-state index in [1.807, 2.05) is 32.0 Å². The minimum absolute atomic E-state index is 0.0210. The summed E-state index contributed by atoms with van der Waals surface area (Å²) in [7, 11) is 0. The van der Waals surface area contributed by atoms with E-state index >= 15 is 0 Å². The number of amides is 2. The number of benzene rings is 1. The van der Waals surface area contributed by atoms with Gasteiger partial charge in [-0.2, -0.15) is 5.10 Å². The molecule has 132 valence electrons. The molecule has 2 heterocycles. The van der Waals surface area contributed by atoms with Crippen LogP contribution in [0.1, 0.15) is 26.7 Å².